The summed E-state index contributed by atoms with van der Waals surface area (Å²) in [6, 6.07) is 17.0. The van der Waals surface area contributed by atoms with Gasteiger partial charge in [0.05, 0.1) is 18.7 Å². The number of benzene rings is 2. The van der Waals surface area contributed by atoms with Crippen molar-refractivity contribution in [1.29, 1.82) is 0 Å². The SMILES string of the molecule is CN(CCn1c(=O)c(C(=O)NCCN2CCOCC2)c(O)c2ncc(Cc3ccc(F)cc3)cc21)C(=O)OCc1ccccc1. The number of rotatable bonds is 11. The number of nitrogens with one attached hydrogen (secondary N) is 1. The van der Waals surface area contributed by atoms with E-state index >= 15 is 0 Å². The minimum absolute atomic E-state index is 0.00227. The zero-order valence-corrected chi connectivity index (χ0v) is 25.1. The first-order chi connectivity index (χ1) is 21.8. The van der Waals surface area contributed by atoms with Crippen LogP contribution in [0.5, 0.6) is 5.75 Å². The molecule has 0 radical (unpaired) electrons. The summed E-state index contributed by atoms with van der Waals surface area (Å²) in [7, 11) is 1.55. The zero-order chi connectivity index (χ0) is 31.8. The summed E-state index contributed by atoms with van der Waals surface area (Å²) in [6.07, 6.45) is 1.37. The summed E-state index contributed by atoms with van der Waals surface area (Å²) in [5.74, 6) is -1.58. The number of hydrogen-bond acceptors (Lipinski definition) is 8. The molecule has 0 aliphatic carbocycles. The quantitative estimate of drug-likeness (QED) is 0.263. The molecule has 2 aromatic carbocycles. The van der Waals surface area contributed by atoms with Crippen molar-refractivity contribution >= 4 is 23.0 Å². The minimum atomic E-state index is -0.714. The number of aromatic hydroxyl groups is 1. The van der Waals surface area contributed by atoms with Gasteiger partial charge in [-0.15, -0.1) is 0 Å². The van der Waals surface area contributed by atoms with Crippen LogP contribution in [0.15, 0.2) is 71.7 Å². The molecular weight excluding hydrogens is 581 g/mol. The Morgan fingerprint density at radius 3 is 2.51 bits per heavy atom. The number of carbonyl (C=O) groups excluding carboxylic acids is 2. The minimum Gasteiger partial charge on any atom is -0.505 e. The Labute approximate surface area is 259 Å². The van der Waals surface area contributed by atoms with Crippen molar-refractivity contribution < 1.29 is 28.6 Å². The molecule has 1 saturated heterocycles. The lowest BCUT2D eigenvalue weighted by atomic mass is 10.1. The van der Waals surface area contributed by atoms with Crippen molar-refractivity contribution in [2.45, 2.75) is 19.6 Å². The number of nitrogens with zero attached hydrogens (tertiary/aromatic N) is 4. The largest absolute Gasteiger partial charge is 0.505 e. The Morgan fingerprint density at radius 2 is 1.78 bits per heavy atom. The second kappa shape index (κ2) is 14.8. The molecule has 0 unspecified atom stereocenters. The lowest BCUT2D eigenvalue weighted by Gasteiger charge is -2.26. The van der Waals surface area contributed by atoms with Crippen LogP contribution in [0.4, 0.5) is 9.18 Å². The number of aromatic nitrogens is 2. The fourth-order valence-electron chi connectivity index (χ4n) is 5.12. The van der Waals surface area contributed by atoms with E-state index in [9.17, 15) is 23.9 Å². The van der Waals surface area contributed by atoms with Crippen LogP contribution in [-0.4, -0.2) is 89.4 Å². The third-order valence-corrected chi connectivity index (χ3v) is 7.68. The Kier molecular flexibility index (Phi) is 10.4. The van der Waals surface area contributed by atoms with E-state index in [4.69, 9.17) is 9.47 Å². The van der Waals surface area contributed by atoms with Gasteiger partial charge >= 0.3 is 6.09 Å². The zero-order valence-electron chi connectivity index (χ0n) is 25.1. The first-order valence-electron chi connectivity index (χ1n) is 14.8. The van der Waals surface area contributed by atoms with E-state index in [1.165, 1.54) is 21.6 Å². The molecule has 1 fully saturated rings. The highest BCUT2D eigenvalue weighted by Crippen LogP contribution is 2.26. The van der Waals surface area contributed by atoms with Crippen molar-refractivity contribution in [2.24, 2.45) is 0 Å². The number of hydrogen-bond donors (Lipinski definition) is 2. The molecule has 45 heavy (non-hydrogen) atoms. The van der Waals surface area contributed by atoms with Crippen molar-refractivity contribution in [3.63, 3.8) is 0 Å². The Morgan fingerprint density at radius 1 is 1.04 bits per heavy atom. The smallest absolute Gasteiger partial charge is 0.409 e. The molecule has 0 bridgehead atoms. The van der Waals surface area contributed by atoms with E-state index in [-0.39, 0.29) is 37.6 Å². The van der Waals surface area contributed by atoms with Crippen molar-refractivity contribution in [3.8, 4) is 5.75 Å². The van der Waals surface area contributed by atoms with Gasteiger partial charge in [-0.05, 0) is 41.3 Å². The lowest BCUT2D eigenvalue weighted by molar-refractivity contribution is 0.0383. The van der Waals surface area contributed by atoms with Gasteiger partial charge in [0.25, 0.3) is 11.5 Å². The number of carbonyl (C=O) groups is 2. The number of fused-ring (bicyclic) bond motifs is 1. The Hall–Kier alpha value is -4.81. The van der Waals surface area contributed by atoms with Gasteiger partial charge in [0.2, 0.25) is 0 Å². The number of likely N-dealkylation sites (N-methyl/N-ethyl adjacent to an activating group) is 1. The van der Waals surface area contributed by atoms with Gasteiger partial charge in [-0.1, -0.05) is 42.5 Å². The highest BCUT2D eigenvalue weighted by Gasteiger charge is 2.24. The van der Waals surface area contributed by atoms with Crippen LogP contribution in [0.25, 0.3) is 11.0 Å². The van der Waals surface area contributed by atoms with E-state index in [1.54, 1.807) is 31.4 Å². The summed E-state index contributed by atoms with van der Waals surface area (Å²) >= 11 is 0. The average molecular weight is 618 g/mol. The van der Waals surface area contributed by atoms with Crippen LogP contribution >= 0.6 is 0 Å². The van der Waals surface area contributed by atoms with Crippen LogP contribution in [0, 0.1) is 5.82 Å². The molecule has 2 N–H and O–H groups in total. The number of halogens is 1. The number of morpholine rings is 1. The van der Waals surface area contributed by atoms with Gasteiger partial charge in [-0.25, -0.2) is 9.18 Å². The van der Waals surface area contributed by atoms with E-state index in [2.05, 4.69) is 15.2 Å². The van der Waals surface area contributed by atoms with Crippen LogP contribution < -0.4 is 10.9 Å². The van der Waals surface area contributed by atoms with Crippen molar-refractivity contribution in [2.75, 3.05) is 53.0 Å². The molecule has 2 amide bonds. The van der Waals surface area contributed by atoms with E-state index < -0.39 is 28.9 Å². The number of ether oxygens (including phenoxy) is 2. The fraction of sp³-hybridized carbons (Fsp3) is 0.333. The molecule has 1 aliphatic rings. The molecule has 0 saturated carbocycles. The third-order valence-electron chi connectivity index (χ3n) is 7.68. The predicted molar refractivity (Wildman–Crippen MR) is 166 cm³/mol. The average Bonchev–Trinajstić information content (AvgIpc) is 3.05. The summed E-state index contributed by atoms with van der Waals surface area (Å²) in [5.41, 5.74) is 1.61. The highest BCUT2D eigenvalue weighted by atomic mass is 19.1. The highest BCUT2D eigenvalue weighted by molar-refractivity contribution is 6.01. The topological polar surface area (TPSA) is 126 Å². The maximum atomic E-state index is 13.8. The van der Waals surface area contributed by atoms with Crippen molar-refractivity contribution in [3.05, 3.63) is 105 Å². The van der Waals surface area contributed by atoms with Crippen molar-refractivity contribution in [1.82, 2.24) is 24.7 Å². The van der Waals surface area contributed by atoms with Gasteiger partial charge in [-0.3, -0.25) is 19.5 Å². The second-order valence-electron chi connectivity index (χ2n) is 10.9. The van der Waals surface area contributed by atoms with Gasteiger partial charge in [0, 0.05) is 52.5 Å². The van der Waals surface area contributed by atoms with Crippen LogP contribution in [0.2, 0.25) is 0 Å². The molecular formula is C33H36FN5O6. The predicted octanol–water partition coefficient (Wildman–Crippen LogP) is 3.16. The molecule has 5 rings (SSSR count). The Balaban J connectivity index is 1.39. The summed E-state index contributed by atoms with van der Waals surface area (Å²) < 4.78 is 25.5. The van der Waals surface area contributed by atoms with Crippen LogP contribution in [0.3, 0.4) is 0 Å². The molecule has 1 aliphatic heterocycles. The van der Waals surface area contributed by atoms with Gasteiger partial charge in [0.15, 0.2) is 5.75 Å². The molecule has 12 heteroatoms. The molecule has 236 valence electrons. The molecule has 0 spiro atoms. The Bertz CT molecular complexity index is 1690. The summed E-state index contributed by atoms with van der Waals surface area (Å²) in [5, 5.41) is 13.9. The second-order valence-corrected chi connectivity index (χ2v) is 10.9. The monoisotopic (exact) mass is 617 g/mol. The molecule has 11 nitrogen and oxygen atoms in total. The van der Waals surface area contributed by atoms with Crippen LogP contribution in [-0.2, 0) is 29.0 Å². The maximum absolute atomic E-state index is 13.8. The number of amides is 2. The molecule has 0 atom stereocenters. The summed E-state index contributed by atoms with van der Waals surface area (Å²) in [4.78, 5) is 47.7. The normalized spacial score (nSPS) is 13.5. The van der Waals surface area contributed by atoms with E-state index in [0.717, 1.165) is 24.2 Å². The first kappa shape index (κ1) is 31.6. The molecule has 4 aromatic rings. The van der Waals surface area contributed by atoms with Gasteiger partial charge in [0.1, 0.15) is 23.5 Å². The fourth-order valence-corrected chi connectivity index (χ4v) is 5.12. The first-order valence-corrected chi connectivity index (χ1v) is 14.8. The third kappa shape index (κ3) is 8.02. The molecule has 3 heterocycles. The maximum Gasteiger partial charge on any atom is 0.409 e. The van der Waals surface area contributed by atoms with Gasteiger partial charge < -0.3 is 29.4 Å². The summed E-state index contributed by atoms with van der Waals surface area (Å²) in [6.45, 7) is 3.74. The van der Waals surface area contributed by atoms with E-state index in [0.29, 0.717) is 37.3 Å². The van der Waals surface area contributed by atoms with Gasteiger partial charge in [-0.2, -0.15) is 0 Å². The van der Waals surface area contributed by atoms with E-state index in [1.807, 2.05) is 30.3 Å². The van der Waals surface area contributed by atoms with Crippen LogP contribution in [0.1, 0.15) is 27.0 Å². The molecule has 2 aromatic heterocycles. The number of pyridine rings is 2. The standard InChI is InChI=1S/C33H36FN5O6/c1-37(33(43)45-22-24-5-3-2-4-6-24)13-14-39-27-20-25(19-23-7-9-26(34)10-8-23)21-36-29(27)30(40)28(32(39)42)31(41)35-11-12-38-15-17-44-18-16-38/h2-10,20-21,40H,11-19,22H2,1H3,(H,35,41). The lowest BCUT2D eigenvalue weighted by Crippen LogP contribution is -2.42.